The topological polar surface area (TPSA) is 28.1 Å². The number of aromatic amines is 1. The fourth-order valence-corrected chi connectivity index (χ4v) is 1.53. The number of rotatable bonds is 6. The van der Waals surface area contributed by atoms with Gasteiger partial charge in [-0.05, 0) is 6.08 Å². The lowest BCUT2D eigenvalue weighted by atomic mass is 10.1. The van der Waals surface area contributed by atoms with Crippen LogP contribution in [0.25, 0.3) is 18.2 Å². The largest absolute Gasteiger partial charge is 0.353 e. The summed E-state index contributed by atoms with van der Waals surface area (Å²) in [5.74, 6) is 0. The van der Waals surface area contributed by atoms with Gasteiger partial charge in [-0.2, -0.15) is 0 Å². The second kappa shape index (κ2) is 6.28. The average molecular weight is 224 g/mol. The van der Waals surface area contributed by atoms with Gasteiger partial charge in [-0.25, -0.2) is 0 Å². The van der Waals surface area contributed by atoms with Crippen molar-refractivity contribution in [3.63, 3.8) is 0 Å². The lowest BCUT2D eigenvalue weighted by Crippen LogP contribution is -1.83. The maximum atomic E-state index is 4.00. The van der Waals surface area contributed by atoms with Gasteiger partial charge in [0.2, 0.25) is 0 Å². The number of allylic oxidation sites excluding steroid dienone is 2. The van der Waals surface area contributed by atoms with Crippen LogP contribution in [0.5, 0.6) is 0 Å². The SMILES string of the molecule is C=C/C=C\c1[nH]c(C=NC=C)c(C=C)c1C=C. The normalized spacial score (nSPS) is 10.8. The summed E-state index contributed by atoms with van der Waals surface area (Å²) in [6.07, 6.45) is 12.3. The van der Waals surface area contributed by atoms with Crippen molar-refractivity contribution < 1.29 is 0 Å². The van der Waals surface area contributed by atoms with Crippen LogP contribution in [-0.2, 0) is 0 Å². The number of hydrogen-bond acceptors (Lipinski definition) is 1. The Morgan fingerprint density at radius 1 is 0.941 bits per heavy atom. The first-order valence-electron chi connectivity index (χ1n) is 5.22. The minimum absolute atomic E-state index is 0.888. The summed E-state index contributed by atoms with van der Waals surface area (Å²) in [6, 6.07) is 0. The van der Waals surface area contributed by atoms with Crippen molar-refractivity contribution in [2.24, 2.45) is 4.99 Å². The summed E-state index contributed by atoms with van der Waals surface area (Å²) in [5, 5.41) is 0. The van der Waals surface area contributed by atoms with Crippen molar-refractivity contribution in [3.8, 4) is 0 Å². The molecule has 0 fully saturated rings. The fourth-order valence-electron chi connectivity index (χ4n) is 1.53. The zero-order valence-corrected chi connectivity index (χ0v) is 9.82. The Morgan fingerprint density at radius 2 is 1.59 bits per heavy atom. The second-order valence-corrected chi connectivity index (χ2v) is 3.24. The average Bonchev–Trinajstić information content (AvgIpc) is 2.70. The summed E-state index contributed by atoms with van der Waals surface area (Å²) < 4.78 is 0. The Kier molecular flexibility index (Phi) is 4.70. The fraction of sp³-hybridized carbons (Fsp3) is 0. The molecular weight excluding hydrogens is 208 g/mol. The molecule has 0 aliphatic carbocycles. The van der Waals surface area contributed by atoms with Gasteiger partial charge >= 0.3 is 0 Å². The molecule has 1 aromatic heterocycles. The van der Waals surface area contributed by atoms with Crippen LogP contribution in [0.1, 0.15) is 22.5 Å². The van der Waals surface area contributed by atoms with E-state index in [1.165, 1.54) is 6.20 Å². The van der Waals surface area contributed by atoms with Crippen LogP contribution in [0.3, 0.4) is 0 Å². The number of nitrogens with zero attached hydrogens (tertiary/aromatic N) is 1. The summed E-state index contributed by atoms with van der Waals surface area (Å²) in [7, 11) is 0. The standard InChI is InChI=1S/C15H16N2/c1-5-9-10-14-12(6-2)13(7-3)15(17-14)11-16-8-4/h5-11,17H,1-4H2/b10-9-,16-11?. The minimum atomic E-state index is 0.888. The Labute approximate surface area is 102 Å². The Morgan fingerprint density at radius 3 is 2.12 bits per heavy atom. The lowest BCUT2D eigenvalue weighted by molar-refractivity contribution is 1.34. The molecule has 0 bridgehead atoms. The van der Waals surface area contributed by atoms with Gasteiger partial charge in [0.05, 0.1) is 11.9 Å². The van der Waals surface area contributed by atoms with Crippen LogP contribution in [0.4, 0.5) is 0 Å². The van der Waals surface area contributed by atoms with Gasteiger partial charge in [0.25, 0.3) is 0 Å². The van der Waals surface area contributed by atoms with E-state index in [0.29, 0.717) is 0 Å². The third kappa shape index (κ3) is 2.82. The van der Waals surface area contributed by atoms with Crippen LogP contribution in [0.15, 0.2) is 49.7 Å². The van der Waals surface area contributed by atoms with Crippen molar-refractivity contribution in [3.05, 3.63) is 67.2 Å². The Balaban J connectivity index is 3.36. The maximum absolute atomic E-state index is 4.00. The predicted molar refractivity (Wildman–Crippen MR) is 78.0 cm³/mol. The highest BCUT2D eigenvalue weighted by Crippen LogP contribution is 2.22. The van der Waals surface area contributed by atoms with E-state index < -0.39 is 0 Å². The first kappa shape index (κ1) is 12.7. The molecule has 86 valence electrons. The van der Waals surface area contributed by atoms with Crippen molar-refractivity contribution in [2.45, 2.75) is 0 Å². The lowest BCUT2D eigenvalue weighted by Gasteiger charge is -1.93. The van der Waals surface area contributed by atoms with Crippen LogP contribution in [0.2, 0.25) is 0 Å². The molecule has 0 spiro atoms. The third-order valence-corrected chi connectivity index (χ3v) is 2.26. The zero-order valence-electron chi connectivity index (χ0n) is 9.82. The molecule has 0 aliphatic rings. The quantitative estimate of drug-likeness (QED) is 0.557. The summed E-state index contributed by atoms with van der Waals surface area (Å²) >= 11 is 0. The molecule has 1 rings (SSSR count). The smallest absolute Gasteiger partial charge is 0.0650 e. The van der Waals surface area contributed by atoms with Gasteiger partial charge in [0.1, 0.15) is 0 Å². The molecule has 0 atom stereocenters. The van der Waals surface area contributed by atoms with Gasteiger partial charge in [-0.3, -0.25) is 4.99 Å². The highest BCUT2D eigenvalue weighted by atomic mass is 14.8. The van der Waals surface area contributed by atoms with Crippen LogP contribution in [-0.4, -0.2) is 11.2 Å². The molecule has 0 radical (unpaired) electrons. The molecule has 0 saturated heterocycles. The van der Waals surface area contributed by atoms with E-state index >= 15 is 0 Å². The first-order chi connectivity index (χ1) is 8.28. The van der Waals surface area contributed by atoms with E-state index in [9.17, 15) is 0 Å². The van der Waals surface area contributed by atoms with Gasteiger partial charge < -0.3 is 4.98 Å². The molecule has 2 heteroatoms. The van der Waals surface area contributed by atoms with Gasteiger partial charge in [-0.1, -0.05) is 50.6 Å². The van der Waals surface area contributed by atoms with Crippen molar-refractivity contribution in [1.82, 2.24) is 4.98 Å². The Bertz CT molecular complexity index is 455. The van der Waals surface area contributed by atoms with Crippen molar-refractivity contribution in [1.29, 1.82) is 0 Å². The van der Waals surface area contributed by atoms with Crippen molar-refractivity contribution >= 4 is 24.4 Å². The number of aromatic nitrogens is 1. The molecule has 0 aliphatic heterocycles. The van der Waals surface area contributed by atoms with Gasteiger partial charge in [0.15, 0.2) is 0 Å². The number of nitrogens with one attached hydrogen (secondary N) is 1. The van der Waals surface area contributed by atoms with E-state index in [4.69, 9.17) is 0 Å². The van der Waals surface area contributed by atoms with E-state index in [1.807, 2.05) is 12.2 Å². The summed E-state index contributed by atoms with van der Waals surface area (Å²) in [4.78, 5) is 7.25. The molecule has 0 unspecified atom stereocenters. The molecule has 0 saturated carbocycles. The zero-order chi connectivity index (χ0) is 12.7. The maximum Gasteiger partial charge on any atom is 0.0650 e. The highest BCUT2D eigenvalue weighted by molar-refractivity contribution is 5.89. The van der Waals surface area contributed by atoms with E-state index in [2.05, 4.69) is 36.3 Å². The molecule has 1 heterocycles. The second-order valence-electron chi connectivity index (χ2n) is 3.24. The third-order valence-electron chi connectivity index (χ3n) is 2.26. The van der Waals surface area contributed by atoms with Gasteiger partial charge in [-0.15, -0.1) is 0 Å². The van der Waals surface area contributed by atoms with E-state index in [0.717, 1.165) is 22.5 Å². The molecular formula is C15H16N2. The number of H-pyrrole nitrogens is 1. The van der Waals surface area contributed by atoms with Crippen molar-refractivity contribution in [2.75, 3.05) is 0 Å². The molecule has 17 heavy (non-hydrogen) atoms. The van der Waals surface area contributed by atoms with Crippen LogP contribution >= 0.6 is 0 Å². The monoisotopic (exact) mass is 224 g/mol. The van der Waals surface area contributed by atoms with Crippen LogP contribution < -0.4 is 0 Å². The first-order valence-corrected chi connectivity index (χ1v) is 5.22. The molecule has 1 N–H and O–H groups in total. The number of aliphatic imine (C=N–C) groups is 1. The van der Waals surface area contributed by atoms with Gasteiger partial charge in [0, 0.05) is 23.0 Å². The predicted octanol–water partition coefficient (Wildman–Crippen LogP) is 4.06. The molecule has 1 aromatic rings. The highest BCUT2D eigenvalue weighted by Gasteiger charge is 2.09. The molecule has 2 nitrogen and oxygen atoms in total. The van der Waals surface area contributed by atoms with E-state index in [-0.39, 0.29) is 0 Å². The van der Waals surface area contributed by atoms with Crippen LogP contribution in [0, 0.1) is 0 Å². The Hall–Kier alpha value is -2.35. The molecule has 0 amide bonds. The minimum Gasteiger partial charge on any atom is -0.353 e. The number of hydrogen-bond donors (Lipinski definition) is 1. The molecule has 0 aromatic carbocycles. The van der Waals surface area contributed by atoms with E-state index in [1.54, 1.807) is 24.4 Å². The summed E-state index contributed by atoms with van der Waals surface area (Å²) in [5.41, 5.74) is 3.83. The summed E-state index contributed by atoms with van der Waals surface area (Å²) in [6.45, 7) is 14.8.